The van der Waals surface area contributed by atoms with E-state index in [4.69, 9.17) is 0 Å². The van der Waals surface area contributed by atoms with Crippen molar-refractivity contribution in [2.45, 2.75) is 32.9 Å². The zero-order valence-corrected chi connectivity index (χ0v) is 10.5. The number of hydrogen-bond donors (Lipinski definition) is 1. The number of piperidine rings is 1. The Labute approximate surface area is 102 Å². The van der Waals surface area contributed by atoms with Crippen LogP contribution in [0.15, 0.2) is 18.2 Å². The summed E-state index contributed by atoms with van der Waals surface area (Å²) in [5, 5.41) is 9.67. The number of halogens is 1. The number of aryl methyl sites for hydroxylation is 1. The number of benzene rings is 1. The third-order valence-corrected chi connectivity index (χ3v) is 3.65. The smallest absolute Gasteiger partial charge is 0.123 e. The standard InChI is InChI=1S/C14H20FNO/c1-10-3-4-13(15)7-12(10)9-16-6-5-14(17)11(2)8-16/h3-4,7,11,14,17H,5-6,8-9H2,1-2H3. The molecule has 1 aliphatic rings. The second-order valence-corrected chi connectivity index (χ2v) is 5.14. The first-order valence-electron chi connectivity index (χ1n) is 6.21. The lowest BCUT2D eigenvalue weighted by Gasteiger charge is -2.34. The van der Waals surface area contributed by atoms with Gasteiger partial charge >= 0.3 is 0 Å². The zero-order chi connectivity index (χ0) is 12.4. The van der Waals surface area contributed by atoms with Gasteiger partial charge in [0.25, 0.3) is 0 Å². The van der Waals surface area contributed by atoms with Crippen LogP contribution in [-0.4, -0.2) is 29.2 Å². The highest BCUT2D eigenvalue weighted by Crippen LogP contribution is 2.20. The summed E-state index contributed by atoms with van der Waals surface area (Å²) in [4.78, 5) is 2.29. The Kier molecular flexibility index (Phi) is 3.79. The molecule has 2 unspecified atom stereocenters. The molecule has 1 N–H and O–H groups in total. The first-order valence-corrected chi connectivity index (χ1v) is 6.21. The quantitative estimate of drug-likeness (QED) is 0.853. The van der Waals surface area contributed by atoms with E-state index in [0.29, 0.717) is 5.92 Å². The van der Waals surface area contributed by atoms with Gasteiger partial charge in [0, 0.05) is 19.6 Å². The number of nitrogens with zero attached hydrogens (tertiary/aromatic N) is 1. The Balaban J connectivity index is 2.03. The average Bonchev–Trinajstić information content (AvgIpc) is 2.29. The van der Waals surface area contributed by atoms with E-state index in [-0.39, 0.29) is 11.9 Å². The van der Waals surface area contributed by atoms with Crippen molar-refractivity contribution in [2.75, 3.05) is 13.1 Å². The number of likely N-dealkylation sites (tertiary alicyclic amines) is 1. The molecule has 1 aromatic rings. The highest BCUT2D eigenvalue weighted by Gasteiger charge is 2.24. The van der Waals surface area contributed by atoms with Crippen molar-refractivity contribution >= 4 is 0 Å². The second-order valence-electron chi connectivity index (χ2n) is 5.14. The maximum atomic E-state index is 13.2. The first kappa shape index (κ1) is 12.5. The van der Waals surface area contributed by atoms with Gasteiger partial charge in [-0.2, -0.15) is 0 Å². The summed E-state index contributed by atoms with van der Waals surface area (Å²) < 4.78 is 13.2. The SMILES string of the molecule is Cc1ccc(F)cc1CN1CCC(O)C(C)C1. The molecule has 0 amide bonds. The van der Waals surface area contributed by atoms with Crippen LogP contribution in [0.1, 0.15) is 24.5 Å². The van der Waals surface area contributed by atoms with E-state index in [2.05, 4.69) is 11.8 Å². The minimum absolute atomic E-state index is 0.171. The molecule has 0 radical (unpaired) electrons. The summed E-state index contributed by atoms with van der Waals surface area (Å²) >= 11 is 0. The molecule has 1 aromatic carbocycles. The molecule has 0 aliphatic carbocycles. The third kappa shape index (κ3) is 3.05. The van der Waals surface area contributed by atoms with Crippen LogP contribution in [0.5, 0.6) is 0 Å². The third-order valence-electron chi connectivity index (χ3n) is 3.65. The van der Waals surface area contributed by atoms with Crippen molar-refractivity contribution in [3.8, 4) is 0 Å². The average molecular weight is 237 g/mol. The second kappa shape index (κ2) is 5.15. The van der Waals surface area contributed by atoms with Gasteiger partial charge in [-0.1, -0.05) is 13.0 Å². The predicted octanol–water partition coefficient (Wildman–Crippen LogP) is 2.34. The largest absolute Gasteiger partial charge is 0.393 e. The Bertz CT molecular complexity index is 394. The van der Waals surface area contributed by atoms with Gasteiger partial charge in [-0.15, -0.1) is 0 Å². The van der Waals surface area contributed by atoms with E-state index in [0.717, 1.165) is 37.2 Å². The summed E-state index contributed by atoms with van der Waals surface area (Å²) in [5.74, 6) is 0.133. The van der Waals surface area contributed by atoms with Crippen LogP contribution in [0.2, 0.25) is 0 Å². The van der Waals surface area contributed by atoms with Gasteiger partial charge in [-0.3, -0.25) is 4.90 Å². The van der Waals surface area contributed by atoms with Gasteiger partial charge < -0.3 is 5.11 Å². The minimum Gasteiger partial charge on any atom is -0.393 e. The van der Waals surface area contributed by atoms with Crippen molar-refractivity contribution in [1.82, 2.24) is 4.90 Å². The molecule has 1 heterocycles. The van der Waals surface area contributed by atoms with Gasteiger partial charge in [0.15, 0.2) is 0 Å². The van der Waals surface area contributed by atoms with E-state index >= 15 is 0 Å². The molecular weight excluding hydrogens is 217 g/mol. The molecule has 0 bridgehead atoms. The Morgan fingerprint density at radius 3 is 2.94 bits per heavy atom. The first-order chi connectivity index (χ1) is 8.06. The van der Waals surface area contributed by atoms with Crippen molar-refractivity contribution < 1.29 is 9.50 Å². The molecule has 2 rings (SSSR count). The molecule has 17 heavy (non-hydrogen) atoms. The van der Waals surface area contributed by atoms with Gasteiger partial charge in [-0.05, 0) is 42.5 Å². The van der Waals surface area contributed by atoms with Crippen molar-refractivity contribution in [1.29, 1.82) is 0 Å². The van der Waals surface area contributed by atoms with Crippen LogP contribution in [0.3, 0.4) is 0 Å². The van der Waals surface area contributed by atoms with E-state index < -0.39 is 0 Å². The van der Waals surface area contributed by atoms with Crippen LogP contribution in [0.4, 0.5) is 4.39 Å². The van der Waals surface area contributed by atoms with Crippen LogP contribution < -0.4 is 0 Å². The van der Waals surface area contributed by atoms with Gasteiger partial charge in [-0.25, -0.2) is 4.39 Å². The molecule has 2 nitrogen and oxygen atoms in total. The molecule has 0 aromatic heterocycles. The molecule has 3 heteroatoms. The molecule has 94 valence electrons. The molecule has 1 saturated heterocycles. The highest BCUT2D eigenvalue weighted by molar-refractivity contribution is 5.26. The molecule has 1 fully saturated rings. The molecule has 2 atom stereocenters. The fraction of sp³-hybridized carbons (Fsp3) is 0.571. The van der Waals surface area contributed by atoms with Crippen molar-refractivity contribution in [2.24, 2.45) is 5.92 Å². The monoisotopic (exact) mass is 237 g/mol. The van der Waals surface area contributed by atoms with Crippen LogP contribution in [0.25, 0.3) is 0 Å². The number of aliphatic hydroxyl groups is 1. The summed E-state index contributed by atoms with van der Waals surface area (Å²) in [7, 11) is 0. The number of rotatable bonds is 2. The maximum Gasteiger partial charge on any atom is 0.123 e. The minimum atomic E-state index is -0.181. The van der Waals surface area contributed by atoms with Gasteiger partial charge in [0.2, 0.25) is 0 Å². The van der Waals surface area contributed by atoms with Crippen LogP contribution in [0, 0.1) is 18.7 Å². The normalized spacial score (nSPS) is 26.1. The van der Waals surface area contributed by atoms with Crippen molar-refractivity contribution in [3.63, 3.8) is 0 Å². The van der Waals surface area contributed by atoms with E-state index in [1.807, 2.05) is 13.0 Å². The van der Waals surface area contributed by atoms with Gasteiger partial charge in [0.1, 0.15) is 5.82 Å². The van der Waals surface area contributed by atoms with Crippen LogP contribution >= 0.6 is 0 Å². The molecule has 0 spiro atoms. The van der Waals surface area contributed by atoms with E-state index in [9.17, 15) is 9.50 Å². The number of hydrogen-bond acceptors (Lipinski definition) is 2. The summed E-state index contributed by atoms with van der Waals surface area (Å²) in [6, 6.07) is 4.94. The Morgan fingerprint density at radius 2 is 2.24 bits per heavy atom. The predicted molar refractivity (Wildman–Crippen MR) is 66.2 cm³/mol. The lowest BCUT2D eigenvalue weighted by molar-refractivity contribution is 0.0319. The topological polar surface area (TPSA) is 23.5 Å². The highest BCUT2D eigenvalue weighted by atomic mass is 19.1. The van der Waals surface area contributed by atoms with Crippen LogP contribution in [-0.2, 0) is 6.54 Å². The zero-order valence-electron chi connectivity index (χ0n) is 10.5. The molecule has 0 saturated carbocycles. The number of aliphatic hydroxyl groups excluding tert-OH is 1. The van der Waals surface area contributed by atoms with Gasteiger partial charge in [0.05, 0.1) is 6.10 Å². The Morgan fingerprint density at radius 1 is 1.47 bits per heavy atom. The lowest BCUT2D eigenvalue weighted by atomic mass is 9.96. The van der Waals surface area contributed by atoms with Crippen molar-refractivity contribution in [3.05, 3.63) is 35.1 Å². The molecular formula is C14H20FNO. The fourth-order valence-corrected chi connectivity index (χ4v) is 2.41. The summed E-state index contributed by atoms with van der Waals surface area (Å²) in [5.41, 5.74) is 2.18. The fourth-order valence-electron chi connectivity index (χ4n) is 2.41. The summed E-state index contributed by atoms with van der Waals surface area (Å²) in [6.07, 6.45) is 0.634. The van der Waals surface area contributed by atoms with E-state index in [1.54, 1.807) is 6.07 Å². The Hall–Kier alpha value is -0.930. The van der Waals surface area contributed by atoms with E-state index in [1.165, 1.54) is 6.07 Å². The molecule has 1 aliphatic heterocycles. The lowest BCUT2D eigenvalue weighted by Crippen LogP contribution is -2.41. The summed E-state index contributed by atoms with van der Waals surface area (Å²) in [6.45, 7) is 6.63. The maximum absolute atomic E-state index is 13.2.